The fourth-order valence-corrected chi connectivity index (χ4v) is 3.86. The first kappa shape index (κ1) is 28.5. The summed E-state index contributed by atoms with van der Waals surface area (Å²) >= 11 is 0. The van der Waals surface area contributed by atoms with Crippen LogP contribution in [0.5, 0.6) is 0 Å². The van der Waals surface area contributed by atoms with Crippen molar-refractivity contribution in [1.29, 1.82) is 0 Å². The van der Waals surface area contributed by atoms with Crippen molar-refractivity contribution in [3.05, 3.63) is 34.9 Å². The molecule has 0 radical (unpaired) electrons. The Morgan fingerprint density at radius 3 is 2.00 bits per heavy atom. The van der Waals surface area contributed by atoms with E-state index in [1.165, 1.54) is 0 Å². The van der Waals surface area contributed by atoms with Gasteiger partial charge >= 0.3 is 6.09 Å². The molecule has 7 nitrogen and oxygen atoms in total. The minimum atomic E-state index is -0.837. The normalized spacial score (nSPS) is 13.6. The van der Waals surface area contributed by atoms with Crippen LogP contribution in [0.3, 0.4) is 0 Å². The van der Waals surface area contributed by atoms with Gasteiger partial charge in [-0.3, -0.25) is 9.59 Å². The number of nitrogens with one attached hydrogen (secondary N) is 2. The van der Waals surface area contributed by atoms with Crippen LogP contribution in [-0.2, 0) is 14.3 Å². The van der Waals surface area contributed by atoms with Crippen LogP contribution in [-0.4, -0.2) is 46.5 Å². The SMILES string of the molecule is CCCC(C)NC(=O)C(c1cc(C)cc(C)c1)N(C(=O)CNC(=O)OC(C)(C)C)C(C)(C)C. The lowest BCUT2D eigenvalue weighted by molar-refractivity contribution is -0.146. The zero-order valence-corrected chi connectivity index (χ0v) is 22.1. The molecule has 0 aromatic heterocycles. The molecular weight excluding hydrogens is 418 g/mol. The van der Waals surface area contributed by atoms with Gasteiger partial charge in [-0.2, -0.15) is 0 Å². The monoisotopic (exact) mass is 461 g/mol. The van der Waals surface area contributed by atoms with Gasteiger partial charge in [0, 0.05) is 11.6 Å². The molecule has 0 saturated carbocycles. The number of hydrogen-bond donors (Lipinski definition) is 2. The average molecular weight is 462 g/mol. The first-order valence-electron chi connectivity index (χ1n) is 11.7. The summed E-state index contributed by atoms with van der Waals surface area (Å²) in [5.74, 6) is -0.600. The molecule has 33 heavy (non-hydrogen) atoms. The second-order valence-corrected chi connectivity index (χ2v) is 10.8. The molecule has 0 spiro atoms. The third kappa shape index (κ3) is 9.44. The maximum absolute atomic E-state index is 13.6. The topological polar surface area (TPSA) is 87.7 Å². The summed E-state index contributed by atoms with van der Waals surface area (Å²) < 4.78 is 5.26. The van der Waals surface area contributed by atoms with Gasteiger partial charge in [0.2, 0.25) is 11.8 Å². The molecule has 0 aliphatic rings. The van der Waals surface area contributed by atoms with Gasteiger partial charge in [-0.1, -0.05) is 42.7 Å². The number of aryl methyl sites for hydroxylation is 2. The second kappa shape index (κ2) is 11.5. The second-order valence-electron chi connectivity index (χ2n) is 10.8. The van der Waals surface area contributed by atoms with Crippen LogP contribution in [0, 0.1) is 13.8 Å². The molecule has 0 bridgehead atoms. The van der Waals surface area contributed by atoms with Gasteiger partial charge in [-0.15, -0.1) is 0 Å². The minimum Gasteiger partial charge on any atom is -0.444 e. The smallest absolute Gasteiger partial charge is 0.408 e. The Labute approximate surface area is 199 Å². The molecule has 0 fully saturated rings. The first-order valence-corrected chi connectivity index (χ1v) is 11.7. The number of benzene rings is 1. The average Bonchev–Trinajstić information content (AvgIpc) is 2.60. The van der Waals surface area contributed by atoms with Gasteiger partial charge in [0.25, 0.3) is 0 Å². The summed E-state index contributed by atoms with van der Waals surface area (Å²) in [6.45, 7) is 18.6. The van der Waals surface area contributed by atoms with Crippen molar-refractivity contribution in [3.8, 4) is 0 Å². The molecule has 0 saturated heterocycles. The number of rotatable bonds is 8. The molecule has 1 aromatic carbocycles. The Balaban J connectivity index is 3.36. The number of nitrogens with zero attached hydrogens (tertiary/aromatic N) is 1. The van der Waals surface area contributed by atoms with E-state index in [4.69, 9.17) is 4.74 Å². The molecule has 1 aromatic rings. The van der Waals surface area contributed by atoms with Crippen molar-refractivity contribution < 1.29 is 19.1 Å². The van der Waals surface area contributed by atoms with Crippen LogP contribution >= 0.6 is 0 Å². The van der Waals surface area contributed by atoms with Crippen molar-refractivity contribution in [2.24, 2.45) is 0 Å². The van der Waals surface area contributed by atoms with Gasteiger partial charge in [0.05, 0.1) is 0 Å². The number of carbonyl (C=O) groups excluding carboxylic acids is 3. The number of carbonyl (C=O) groups is 3. The van der Waals surface area contributed by atoms with E-state index in [-0.39, 0.29) is 24.4 Å². The van der Waals surface area contributed by atoms with Gasteiger partial charge in [-0.25, -0.2) is 4.79 Å². The summed E-state index contributed by atoms with van der Waals surface area (Å²) in [7, 11) is 0. The molecule has 2 atom stereocenters. The summed E-state index contributed by atoms with van der Waals surface area (Å²) in [5, 5.41) is 5.61. The lowest BCUT2D eigenvalue weighted by atomic mass is 9.94. The van der Waals surface area contributed by atoms with Crippen LogP contribution in [0.2, 0.25) is 0 Å². The molecule has 0 aliphatic heterocycles. The molecule has 2 unspecified atom stereocenters. The Hall–Kier alpha value is -2.57. The fourth-order valence-electron chi connectivity index (χ4n) is 3.86. The largest absolute Gasteiger partial charge is 0.444 e. The predicted molar refractivity (Wildman–Crippen MR) is 132 cm³/mol. The van der Waals surface area contributed by atoms with E-state index in [9.17, 15) is 14.4 Å². The summed E-state index contributed by atoms with van der Waals surface area (Å²) in [4.78, 5) is 40.7. The number of amides is 3. The van der Waals surface area contributed by atoms with Crippen LogP contribution in [0.25, 0.3) is 0 Å². The minimum absolute atomic E-state index is 0.0206. The zero-order chi connectivity index (χ0) is 25.6. The highest BCUT2D eigenvalue weighted by Crippen LogP contribution is 2.30. The molecule has 1 rings (SSSR count). The van der Waals surface area contributed by atoms with Crippen molar-refractivity contribution in [2.45, 2.75) is 105 Å². The molecule has 2 N–H and O–H groups in total. The Morgan fingerprint density at radius 1 is 1.00 bits per heavy atom. The van der Waals surface area contributed by atoms with Crippen LogP contribution < -0.4 is 10.6 Å². The highest BCUT2D eigenvalue weighted by Gasteiger charge is 2.39. The van der Waals surface area contributed by atoms with Crippen molar-refractivity contribution in [2.75, 3.05) is 6.54 Å². The molecular formula is C26H43N3O4. The Bertz CT molecular complexity index is 817. The highest BCUT2D eigenvalue weighted by molar-refractivity contribution is 5.91. The molecule has 0 aliphatic carbocycles. The highest BCUT2D eigenvalue weighted by atomic mass is 16.6. The van der Waals surface area contributed by atoms with Gasteiger partial charge in [0.15, 0.2) is 0 Å². The van der Waals surface area contributed by atoms with E-state index in [0.717, 1.165) is 29.5 Å². The lowest BCUT2D eigenvalue weighted by Gasteiger charge is -2.42. The summed E-state index contributed by atoms with van der Waals surface area (Å²) in [6, 6.07) is 5.05. The first-order chi connectivity index (χ1) is 15.0. The van der Waals surface area contributed by atoms with Crippen LogP contribution in [0.15, 0.2) is 18.2 Å². The Morgan fingerprint density at radius 2 is 1.55 bits per heavy atom. The zero-order valence-electron chi connectivity index (χ0n) is 22.1. The van der Waals surface area contributed by atoms with Crippen molar-refractivity contribution >= 4 is 17.9 Å². The van der Waals surface area contributed by atoms with Crippen molar-refractivity contribution in [1.82, 2.24) is 15.5 Å². The van der Waals surface area contributed by atoms with Crippen LogP contribution in [0.4, 0.5) is 4.79 Å². The van der Waals surface area contributed by atoms with E-state index in [0.29, 0.717) is 0 Å². The third-order valence-electron chi connectivity index (χ3n) is 4.95. The van der Waals surface area contributed by atoms with E-state index >= 15 is 0 Å². The maximum Gasteiger partial charge on any atom is 0.408 e. The van der Waals surface area contributed by atoms with Gasteiger partial charge < -0.3 is 20.3 Å². The van der Waals surface area contributed by atoms with E-state index in [2.05, 4.69) is 17.6 Å². The lowest BCUT2D eigenvalue weighted by Crippen LogP contribution is -2.55. The number of ether oxygens (including phenoxy) is 1. The van der Waals surface area contributed by atoms with Crippen LogP contribution in [0.1, 0.15) is 91.0 Å². The third-order valence-corrected chi connectivity index (χ3v) is 4.95. The quantitative estimate of drug-likeness (QED) is 0.582. The summed E-state index contributed by atoms with van der Waals surface area (Å²) in [6.07, 6.45) is 1.11. The van der Waals surface area contributed by atoms with E-state index in [1.807, 2.05) is 59.7 Å². The standard InChI is InChI=1S/C26H43N3O4/c1-11-12-19(4)28-23(31)22(20-14-17(2)13-18(3)15-20)29(25(5,6)7)21(30)16-27-24(32)33-26(8,9)10/h13-15,19,22H,11-12,16H2,1-10H3,(H,27,32)(H,28,31). The van der Waals surface area contributed by atoms with Gasteiger partial charge in [-0.05, 0) is 74.3 Å². The number of alkyl carbamates (subject to hydrolysis) is 1. The molecule has 0 heterocycles. The van der Waals surface area contributed by atoms with E-state index < -0.39 is 23.3 Å². The van der Waals surface area contributed by atoms with E-state index in [1.54, 1.807) is 25.7 Å². The Kier molecular flexibility index (Phi) is 9.94. The molecule has 186 valence electrons. The molecule has 3 amide bonds. The summed E-state index contributed by atoms with van der Waals surface area (Å²) in [5.41, 5.74) is 1.41. The predicted octanol–water partition coefficient (Wildman–Crippen LogP) is 4.80. The maximum atomic E-state index is 13.6. The molecule has 7 heteroatoms. The fraction of sp³-hybridized carbons (Fsp3) is 0.654. The van der Waals surface area contributed by atoms with Crippen molar-refractivity contribution in [3.63, 3.8) is 0 Å². The van der Waals surface area contributed by atoms with Gasteiger partial charge in [0.1, 0.15) is 18.2 Å². The number of hydrogen-bond acceptors (Lipinski definition) is 4.